The molecule has 9 heavy (non-hydrogen) atoms. The van der Waals surface area contributed by atoms with Crippen molar-refractivity contribution in [3.8, 4) is 0 Å². The van der Waals surface area contributed by atoms with Gasteiger partial charge in [0.05, 0.1) is 4.43 Å². The Morgan fingerprint density at radius 3 is 2.33 bits per heavy atom. The van der Waals surface area contributed by atoms with E-state index in [4.69, 9.17) is 0 Å². The number of carbonyl (C=O) groups excluding carboxylic acids is 2. The molecule has 5 heteroatoms. The van der Waals surface area contributed by atoms with Gasteiger partial charge in [-0.15, -0.1) is 0 Å². The Balaban J connectivity index is 3.47. The highest BCUT2D eigenvalue weighted by molar-refractivity contribution is 14.1. The van der Waals surface area contributed by atoms with Crippen LogP contribution in [-0.2, 0) is 14.3 Å². The number of rotatable bonds is 2. The molecule has 0 saturated carbocycles. The SMILES string of the molecule is O=C(CBr)OC(=O)CI. The fourth-order valence-corrected chi connectivity index (χ4v) is 0.452. The van der Waals surface area contributed by atoms with Crippen molar-refractivity contribution in [2.24, 2.45) is 0 Å². The van der Waals surface area contributed by atoms with Gasteiger partial charge in [0.25, 0.3) is 0 Å². The Hall–Kier alpha value is 0.350. The Bertz CT molecular complexity index is 111. The molecule has 0 rings (SSSR count). The second kappa shape index (κ2) is 5.16. The molecular formula is C4H4BrIO3. The van der Waals surface area contributed by atoms with Gasteiger partial charge in [0.1, 0.15) is 5.33 Å². The predicted molar refractivity (Wildman–Crippen MR) is 43.8 cm³/mol. The molecule has 3 nitrogen and oxygen atoms in total. The predicted octanol–water partition coefficient (Wildman–Crippen LogP) is 0.886. The van der Waals surface area contributed by atoms with E-state index in [1.54, 1.807) is 0 Å². The topological polar surface area (TPSA) is 43.4 Å². The Labute approximate surface area is 74.4 Å². The second-order valence-corrected chi connectivity index (χ2v) is 2.44. The molecule has 0 aliphatic heterocycles. The number of halogens is 2. The van der Waals surface area contributed by atoms with Crippen LogP contribution in [0.4, 0.5) is 0 Å². The first-order chi connectivity index (χ1) is 4.20. The third kappa shape index (κ3) is 4.83. The summed E-state index contributed by atoms with van der Waals surface area (Å²) >= 11 is 4.66. The van der Waals surface area contributed by atoms with Crippen LogP contribution in [0.3, 0.4) is 0 Å². The van der Waals surface area contributed by atoms with Crippen LogP contribution >= 0.6 is 38.5 Å². The number of hydrogen-bond donors (Lipinski definition) is 0. The minimum absolute atomic E-state index is 0.0649. The third-order valence-electron chi connectivity index (χ3n) is 0.446. The highest BCUT2D eigenvalue weighted by atomic mass is 127. The van der Waals surface area contributed by atoms with Gasteiger partial charge in [-0.1, -0.05) is 38.5 Å². The molecule has 0 N–H and O–H groups in total. The van der Waals surface area contributed by atoms with Crippen LogP contribution in [-0.4, -0.2) is 21.7 Å². The van der Waals surface area contributed by atoms with Crippen molar-refractivity contribution < 1.29 is 14.3 Å². The molecule has 0 spiro atoms. The lowest BCUT2D eigenvalue weighted by Crippen LogP contribution is -2.13. The van der Waals surface area contributed by atoms with Crippen LogP contribution in [0.1, 0.15) is 0 Å². The zero-order valence-electron chi connectivity index (χ0n) is 4.39. The van der Waals surface area contributed by atoms with Crippen molar-refractivity contribution in [3.63, 3.8) is 0 Å². The fraction of sp³-hybridized carbons (Fsp3) is 0.500. The van der Waals surface area contributed by atoms with Crippen molar-refractivity contribution in [1.29, 1.82) is 0 Å². The molecule has 0 unspecified atom stereocenters. The normalized spacial score (nSPS) is 8.67. The van der Waals surface area contributed by atoms with Crippen LogP contribution in [0.25, 0.3) is 0 Å². The molecule has 0 bridgehead atoms. The summed E-state index contributed by atoms with van der Waals surface area (Å²) in [4.78, 5) is 20.6. The molecule has 0 aliphatic carbocycles. The van der Waals surface area contributed by atoms with Crippen LogP contribution < -0.4 is 0 Å². The summed E-state index contributed by atoms with van der Waals surface area (Å²) in [6.45, 7) is 0. The van der Waals surface area contributed by atoms with Crippen molar-refractivity contribution in [3.05, 3.63) is 0 Å². The Kier molecular flexibility index (Phi) is 5.36. The van der Waals surface area contributed by atoms with Gasteiger partial charge in [-0.3, -0.25) is 9.59 Å². The fourth-order valence-electron chi connectivity index (χ4n) is 0.182. The van der Waals surface area contributed by atoms with Gasteiger partial charge in [-0.2, -0.15) is 0 Å². The van der Waals surface area contributed by atoms with Gasteiger partial charge < -0.3 is 4.74 Å². The van der Waals surface area contributed by atoms with E-state index < -0.39 is 11.9 Å². The molecule has 0 atom stereocenters. The summed E-state index contributed by atoms with van der Waals surface area (Å²) in [6, 6.07) is 0. The Morgan fingerprint density at radius 1 is 1.44 bits per heavy atom. The molecule has 0 fully saturated rings. The number of carbonyl (C=O) groups is 2. The van der Waals surface area contributed by atoms with E-state index in [1.807, 2.05) is 22.6 Å². The average molecular weight is 307 g/mol. The zero-order valence-corrected chi connectivity index (χ0v) is 8.14. The first-order valence-corrected chi connectivity index (χ1v) is 4.71. The lowest BCUT2D eigenvalue weighted by atomic mass is 10.7. The summed E-state index contributed by atoms with van der Waals surface area (Å²) in [6.07, 6.45) is 0. The maximum absolute atomic E-state index is 10.3. The number of ether oxygens (including phenoxy) is 1. The van der Waals surface area contributed by atoms with Crippen molar-refractivity contribution in [2.75, 3.05) is 9.76 Å². The molecule has 0 aromatic heterocycles. The monoisotopic (exact) mass is 306 g/mol. The average Bonchev–Trinajstić information content (AvgIpc) is 1.87. The van der Waals surface area contributed by atoms with Crippen molar-refractivity contribution in [1.82, 2.24) is 0 Å². The Morgan fingerprint density at radius 2 is 2.00 bits per heavy atom. The molecule has 0 heterocycles. The van der Waals surface area contributed by atoms with Crippen LogP contribution in [0.5, 0.6) is 0 Å². The molecular weight excluding hydrogens is 303 g/mol. The number of hydrogen-bond acceptors (Lipinski definition) is 3. The summed E-state index contributed by atoms with van der Waals surface area (Å²) in [5.41, 5.74) is 0. The van der Waals surface area contributed by atoms with E-state index in [9.17, 15) is 9.59 Å². The largest absolute Gasteiger partial charge is 0.392 e. The minimum Gasteiger partial charge on any atom is -0.392 e. The van der Waals surface area contributed by atoms with Gasteiger partial charge in [0.2, 0.25) is 0 Å². The molecule has 0 saturated heterocycles. The van der Waals surface area contributed by atoms with E-state index in [0.29, 0.717) is 0 Å². The van der Waals surface area contributed by atoms with Gasteiger partial charge in [-0.25, -0.2) is 0 Å². The van der Waals surface area contributed by atoms with Crippen LogP contribution in [0, 0.1) is 0 Å². The first kappa shape index (κ1) is 9.35. The van der Waals surface area contributed by atoms with Crippen LogP contribution in [0.15, 0.2) is 0 Å². The summed E-state index contributed by atoms with van der Waals surface area (Å²) in [5, 5.41) is 0.0649. The molecule has 0 aromatic rings. The van der Waals surface area contributed by atoms with Gasteiger partial charge in [-0.05, 0) is 0 Å². The van der Waals surface area contributed by atoms with E-state index in [-0.39, 0.29) is 9.76 Å². The first-order valence-electron chi connectivity index (χ1n) is 2.06. The van der Waals surface area contributed by atoms with Crippen molar-refractivity contribution >= 4 is 50.5 Å². The minimum atomic E-state index is -0.545. The van der Waals surface area contributed by atoms with E-state index in [0.717, 1.165) is 0 Å². The third-order valence-corrected chi connectivity index (χ3v) is 1.53. The highest BCUT2D eigenvalue weighted by Gasteiger charge is 2.05. The lowest BCUT2D eigenvalue weighted by molar-refractivity contribution is -0.155. The van der Waals surface area contributed by atoms with Gasteiger partial charge in [0, 0.05) is 0 Å². The number of alkyl halides is 2. The van der Waals surface area contributed by atoms with Gasteiger partial charge in [0.15, 0.2) is 0 Å². The molecule has 0 aliphatic rings. The summed E-state index contributed by atoms with van der Waals surface area (Å²) in [7, 11) is 0. The summed E-state index contributed by atoms with van der Waals surface area (Å²) in [5.74, 6) is -1.04. The quantitative estimate of drug-likeness (QED) is 0.329. The van der Waals surface area contributed by atoms with E-state index in [2.05, 4.69) is 20.7 Å². The van der Waals surface area contributed by atoms with Crippen molar-refractivity contribution in [2.45, 2.75) is 0 Å². The van der Waals surface area contributed by atoms with E-state index in [1.165, 1.54) is 0 Å². The smallest absolute Gasteiger partial charge is 0.324 e. The van der Waals surface area contributed by atoms with Crippen LogP contribution in [0.2, 0.25) is 0 Å². The maximum Gasteiger partial charge on any atom is 0.324 e. The highest BCUT2D eigenvalue weighted by Crippen LogP contribution is 1.89. The molecule has 0 aromatic carbocycles. The zero-order chi connectivity index (χ0) is 7.28. The van der Waals surface area contributed by atoms with Gasteiger partial charge >= 0.3 is 11.9 Å². The lowest BCUT2D eigenvalue weighted by Gasteiger charge is -1.93. The molecule has 52 valence electrons. The molecule has 0 radical (unpaired) electrons. The maximum atomic E-state index is 10.3. The summed E-state index contributed by atoms with van der Waals surface area (Å²) < 4.78 is 4.42. The standard InChI is InChI=1S/C4H4BrIO3/c5-1-3(7)9-4(8)2-6/h1-2H2. The number of esters is 2. The second-order valence-electron chi connectivity index (χ2n) is 1.11. The molecule has 0 amide bonds. The van der Waals surface area contributed by atoms with E-state index >= 15 is 0 Å².